The number of amides is 1. The van der Waals surface area contributed by atoms with Crippen molar-refractivity contribution in [2.24, 2.45) is 21.8 Å². The highest BCUT2D eigenvalue weighted by Crippen LogP contribution is 2.46. The topological polar surface area (TPSA) is 167 Å². The zero-order valence-corrected chi connectivity index (χ0v) is 38.4. The number of ether oxygens (including phenoxy) is 2. The van der Waals surface area contributed by atoms with Gasteiger partial charge in [0.1, 0.15) is 41.0 Å². The minimum atomic E-state index is -0.705. The van der Waals surface area contributed by atoms with Crippen molar-refractivity contribution in [3.63, 3.8) is 0 Å². The fraction of sp³-hybridized carbons (Fsp3) is 0.250. The summed E-state index contributed by atoms with van der Waals surface area (Å²) in [5.41, 5.74) is 9.99. The van der Waals surface area contributed by atoms with Crippen LogP contribution in [0.5, 0.6) is 5.75 Å². The third kappa shape index (κ3) is 9.15. The molecule has 8 rings (SSSR count). The lowest BCUT2D eigenvalue weighted by atomic mass is 9.89. The van der Waals surface area contributed by atoms with Crippen molar-refractivity contribution in [1.82, 2.24) is 19.4 Å². The molecule has 2 aliphatic rings. The van der Waals surface area contributed by atoms with Crippen LogP contribution >= 0.6 is 57.4 Å². The van der Waals surface area contributed by atoms with Crippen molar-refractivity contribution in [1.29, 1.82) is 0 Å². The summed E-state index contributed by atoms with van der Waals surface area (Å²) in [6.07, 6.45) is 7.56. The molecule has 0 aliphatic carbocycles. The van der Waals surface area contributed by atoms with Gasteiger partial charge in [-0.25, -0.2) is 24.3 Å². The Labute approximate surface area is 382 Å². The number of aromatic nitrogens is 4. The molecule has 0 radical (unpaired) electrons. The first kappa shape index (κ1) is 43.4. The van der Waals surface area contributed by atoms with Crippen LogP contribution in [0.15, 0.2) is 99.4 Å². The molecule has 1 saturated heterocycles. The van der Waals surface area contributed by atoms with Crippen LogP contribution in [-0.4, -0.2) is 74.0 Å². The van der Waals surface area contributed by atoms with E-state index in [-0.39, 0.29) is 60.0 Å². The van der Waals surface area contributed by atoms with Crippen LogP contribution in [-0.2, 0) is 43.7 Å². The van der Waals surface area contributed by atoms with E-state index in [0.29, 0.717) is 44.9 Å². The molecule has 7 heterocycles. The molecule has 1 fully saturated rings. The number of amidine groups is 1. The number of thiazole rings is 2. The number of aliphatic imine (C=N–C) groups is 1. The van der Waals surface area contributed by atoms with Crippen molar-refractivity contribution >= 4 is 103 Å². The van der Waals surface area contributed by atoms with E-state index in [4.69, 9.17) is 31.6 Å². The molecule has 310 valence electrons. The molecule has 0 bridgehead atoms. The normalized spacial score (nSPS) is 16.7. The van der Waals surface area contributed by atoms with Crippen LogP contribution < -0.4 is 39.0 Å². The minimum Gasteiger partial charge on any atom is -1.00 e. The van der Waals surface area contributed by atoms with Crippen LogP contribution in [0.2, 0.25) is 4.34 Å². The lowest BCUT2D eigenvalue weighted by molar-refractivity contribution is -0.687. The molecular weight excluding hydrogens is 979 g/mol. The van der Waals surface area contributed by atoms with Crippen LogP contribution in [0, 0.1) is 12.8 Å². The Morgan fingerprint density at radius 3 is 2.67 bits per heavy atom. The fourth-order valence-electron chi connectivity index (χ4n) is 6.88. The average Bonchev–Trinajstić information content (AvgIpc) is 4.07. The van der Waals surface area contributed by atoms with Gasteiger partial charge in [0.2, 0.25) is 11.0 Å². The number of rotatable bonds is 15. The van der Waals surface area contributed by atoms with Crippen LogP contribution in [0.1, 0.15) is 33.1 Å². The zero-order chi connectivity index (χ0) is 41.2. The second-order valence-corrected chi connectivity index (χ2v) is 18.3. The van der Waals surface area contributed by atoms with E-state index >= 15 is 0 Å². The number of pyridine rings is 1. The summed E-state index contributed by atoms with van der Waals surface area (Å²) in [6.45, 7) is 2.75. The lowest BCUT2D eigenvalue weighted by Gasteiger charge is -2.49. The number of thiophene rings is 1. The third-order valence-electron chi connectivity index (χ3n) is 9.70. The Morgan fingerprint density at radius 2 is 1.95 bits per heavy atom. The van der Waals surface area contributed by atoms with Gasteiger partial charge >= 0.3 is 5.97 Å². The number of halogens is 2. The summed E-state index contributed by atoms with van der Waals surface area (Å²) in [7, 11) is 2.91. The molecule has 1 amide bonds. The molecular formula is C40H36ClIN8O6S4. The van der Waals surface area contributed by atoms with Crippen LogP contribution in [0.3, 0.4) is 0 Å². The van der Waals surface area contributed by atoms with Gasteiger partial charge in [-0.05, 0) is 36.8 Å². The number of nitrogens with zero attached hydrogens (tertiary/aromatic N) is 7. The largest absolute Gasteiger partial charge is 1.00 e. The summed E-state index contributed by atoms with van der Waals surface area (Å²) in [5.74, 6) is -0.575. The molecule has 60 heavy (non-hydrogen) atoms. The highest BCUT2D eigenvalue weighted by atomic mass is 127. The summed E-state index contributed by atoms with van der Waals surface area (Å²) < 4.78 is 15.6. The van der Waals surface area contributed by atoms with Gasteiger partial charge in [-0.3, -0.25) is 14.5 Å². The zero-order valence-electron chi connectivity index (χ0n) is 32.2. The Bertz CT molecular complexity index is 2660. The van der Waals surface area contributed by atoms with E-state index in [9.17, 15) is 14.4 Å². The van der Waals surface area contributed by atoms with Crippen molar-refractivity contribution in [3.05, 3.63) is 120 Å². The first-order chi connectivity index (χ1) is 28.6. The molecule has 0 spiro atoms. The maximum Gasteiger partial charge on any atom is 0.355 e. The summed E-state index contributed by atoms with van der Waals surface area (Å²) in [5, 5.41) is 9.59. The molecule has 2 N–H and O–H groups in total. The maximum atomic E-state index is 14.0. The van der Waals surface area contributed by atoms with Gasteiger partial charge in [0.15, 0.2) is 30.4 Å². The average molecular weight is 1020 g/mol. The second kappa shape index (κ2) is 18.9. The van der Waals surface area contributed by atoms with Gasteiger partial charge in [0, 0.05) is 57.4 Å². The first-order valence-electron chi connectivity index (χ1n) is 18.1. The monoisotopic (exact) mass is 1010 g/mol. The summed E-state index contributed by atoms with van der Waals surface area (Å²) in [4.78, 5) is 62.2. The van der Waals surface area contributed by atoms with Crippen LogP contribution in [0.4, 0.5) is 5.13 Å². The smallest absolute Gasteiger partial charge is 0.355 e. The highest BCUT2D eigenvalue weighted by Gasteiger charge is 2.55. The number of benzene rings is 1. The molecule has 1 aromatic carbocycles. The number of hydrogen-bond acceptors (Lipinski definition) is 14. The molecule has 6 aromatic rings. The Balaban J connectivity index is 0.00000544. The Morgan fingerprint density at radius 1 is 1.13 bits per heavy atom. The lowest BCUT2D eigenvalue weighted by Crippen LogP contribution is -3.00. The van der Waals surface area contributed by atoms with E-state index in [1.807, 2.05) is 64.2 Å². The van der Waals surface area contributed by atoms with Crippen molar-refractivity contribution < 1.29 is 57.2 Å². The number of aryl methyl sites for hydroxylation is 1. The molecule has 0 unspecified atom stereocenters. The Kier molecular flexibility index (Phi) is 13.7. The van der Waals surface area contributed by atoms with E-state index in [2.05, 4.69) is 24.7 Å². The number of thioether (sulfide) groups is 1. The number of hydrogen-bond donors (Lipinski definition) is 1. The number of oxime groups is 1. The van der Waals surface area contributed by atoms with E-state index in [0.717, 1.165) is 32.5 Å². The van der Waals surface area contributed by atoms with Crippen molar-refractivity contribution in [2.45, 2.75) is 38.4 Å². The molecule has 20 heteroatoms. The number of Topliss-reactive ketones (excluding diaryl/α,β-unsaturated/α-hetero) is 1. The number of carbonyl (C=O) groups is 3. The Hall–Kier alpha value is -4.67. The van der Waals surface area contributed by atoms with Gasteiger partial charge in [-0.15, -0.1) is 45.8 Å². The number of nitrogens with two attached hydrogens (primary N) is 1. The number of ketones is 1. The minimum absolute atomic E-state index is 0. The standard InChI is InChI=1S/C40H36ClN8O6S4.HI/c1-22-44-33(35(41)59-22)32(46-54-3)31(50)15-29-37(51)49-34(39(52)55-19-23-4-6-27(53-2)7-5-23)26(21-58-38(29)49)17-47-11-9-30-24(16-47)8-12-48(30)18-28-14-25(20-57-28)36(42)45-40-43-10-13-56-40;/h4-14,16,20,29,38H,15,17-19,21H2,1-3H3,(H2,42,43,45);1H/q+1;/p-1/b46-32+;/t29-,38-;/m1./s1. The van der Waals surface area contributed by atoms with Crippen molar-refractivity contribution in [2.75, 3.05) is 20.0 Å². The van der Waals surface area contributed by atoms with Gasteiger partial charge in [-0.2, -0.15) is 0 Å². The molecule has 2 atom stereocenters. The number of fused-ring (bicyclic) bond motifs is 2. The summed E-state index contributed by atoms with van der Waals surface area (Å²) >= 11 is 12.1. The SMILES string of the molecule is CO/N=C(\C(=O)C[C@@H]1C(=O)N2C(C(=O)OCc3ccc(OC)cc3)=C(C[n+]3ccc4c(ccn4Cc4cc(C(N)=Nc5nccs5)cs4)c3)CS[C@H]12)c1nc(C)sc1Cl.[I-]. The number of methoxy groups -OCH3 is 1. The van der Waals surface area contributed by atoms with E-state index < -0.39 is 23.0 Å². The van der Waals surface area contributed by atoms with E-state index in [1.165, 1.54) is 46.4 Å². The molecule has 0 saturated carbocycles. The quantitative estimate of drug-likeness (QED) is 0.0306. The number of esters is 1. The predicted octanol–water partition coefficient (Wildman–Crippen LogP) is 3.50. The predicted molar refractivity (Wildman–Crippen MR) is 229 cm³/mol. The number of carbonyl (C=O) groups excluding carboxylic acids is 3. The van der Waals surface area contributed by atoms with Gasteiger partial charge < -0.3 is 48.6 Å². The molecule has 2 aliphatic heterocycles. The maximum absolute atomic E-state index is 14.0. The molecule has 14 nitrogen and oxygen atoms in total. The van der Waals surface area contributed by atoms with Crippen LogP contribution in [0.25, 0.3) is 10.9 Å². The van der Waals surface area contributed by atoms with Gasteiger partial charge in [0.05, 0.1) is 40.9 Å². The number of β-lactam (4-membered cyclic amide) rings is 1. The van der Waals surface area contributed by atoms with Crippen molar-refractivity contribution in [3.8, 4) is 5.75 Å². The highest BCUT2D eigenvalue weighted by molar-refractivity contribution is 8.00. The van der Waals surface area contributed by atoms with E-state index in [1.54, 1.807) is 43.7 Å². The fourth-order valence-corrected chi connectivity index (χ4v) is 10.8. The third-order valence-corrected chi connectivity index (χ3v) is 13.9. The van der Waals surface area contributed by atoms with Gasteiger partial charge in [-0.1, -0.05) is 28.9 Å². The summed E-state index contributed by atoms with van der Waals surface area (Å²) in [6, 6.07) is 13.3. The van der Waals surface area contributed by atoms with Gasteiger partial charge in [0.25, 0.3) is 0 Å². The first-order valence-corrected chi connectivity index (χ1v) is 22.1. The second-order valence-electron chi connectivity index (χ2n) is 13.5. The molecule has 5 aromatic heterocycles.